The van der Waals surface area contributed by atoms with Crippen LogP contribution in [0.3, 0.4) is 0 Å². The van der Waals surface area contributed by atoms with Gasteiger partial charge in [-0.1, -0.05) is 35.3 Å². The van der Waals surface area contributed by atoms with Crippen molar-refractivity contribution >= 4 is 58.8 Å². The highest BCUT2D eigenvalue weighted by molar-refractivity contribution is 6.39. The molecule has 1 aliphatic rings. The highest BCUT2D eigenvalue weighted by Crippen LogP contribution is 2.36. The molecule has 1 heterocycles. The zero-order valence-electron chi connectivity index (χ0n) is 22.0. The first-order valence-corrected chi connectivity index (χ1v) is 12.9. The van der Waals surface area contributed by atoms with Gasteiger partial charge in [-0.3, -0.25) is 14.9 Å². The minimum absolute atomic E-state index is 0.129. The minimum Gasteiger partial charge on any atom is -0.493 e. The molecule has 4 rings (SSSR count). The molecule has 1 aliphatic heterocycles. The second kappa shape index (κ2) is 12.7. The van der Waals surface area contributed by atoms with Crippen LogP contribution in [0.4, 0.5) is 10.5 Å². The molecule has 1 fully saturated rings. The predicted octanol–water partition coefficient (Wildman–Crippen LogP) is 5.76. The summed E-state index contributed by atoms with van der Waals surface area (Å²) in [4.78, 5) is 51.2. The van der Waals surface area contributed by atoms with E-state index in [1.165, 1.54) is 44.6 Å². The molecule has 1 saturated heterocycles. The van der Waals surface area contributed by atoms with E-state index >= 15 is 0 Å². The van der Waals surface area contributed by atoms with Crippen LogP contribution in [0, 0.1) is 0 Å². The molecule has 3 aromatic rings. The van der Waals surface area contributed by atoms with Gasteiger partial charge < -0.3 is 14.2 Å². The summed E-state index contributed by atoms with van der Waals surface area (Å²) in [5.41, 5.74) is 1.94. The third kappa shape index (κ3) is 6.42. The third-order valence-corrected chi connectivity index (χ3v) is 6.67. The zero-order valence-corrected chi connectivity index (χ0v) is 23.5. The lowest BCUT2D eigenvalue weighted by Crippen LogP contribution is -2.54. The van der Waals surface area contributed by atoms with Gasteiger partial charge in [-0.15, -0.1) is 6.58 Å². The number of anilines is 1. The van der Waals surface area contributed by atoms with E-state index in [9.17, 15) is 19.2 Å². The maximum absolute atomic E-state index is 13.4. The number of carbonyl (C=O) groups is 4. The number of amides is 4. The number of barbiturate groups is 1. The van der Waals surface area contributed by atoms with E-state index in [-0.39, 0.29) is 23.4 Å². The molecule has 9 nitrogen and oxygen atoms in total. The second-order valence-electron chi connectivity index (χ2n) is 8.72. The molecular weight excluding hydrogens is 571 g/mol. The minimum atomic E-state index is -0.919. The summed E-state index contributed by atoms with van der Waals surface area (Å²) in [7, 11) is 2.70. The van der Waals surface area contributed by atoms with Gasteiger partial charge in [-0.25, -0.2) is 14.5 Å². The maximum Gasteiger partial charge on any atom is 0.337 e. The third-order valence-electron chi connectivity index (χ3n) is 6.08. The number of imide groups is 2. The van der Waals surface area contributed by atoms with Crippen molar-refractivity contribution in [1.29, 1.82) is 0 Å². The van der Waals surface area contributed by atoms with Crippen LogP contribution in [0.1, 0.15) is 27.0 Å². The Kier molecular flexibility index (Phi) is 9.11. The molecule has 210 valence electrons. The highest BCUT2D eigenvalue weighted by atomic mass is 35.5. The number of ether oxygens (including phenoxy) is 3. The van der Waals surface area contributed by atoms with E-state index < -0.39 is 23.8 Å². The van der Waals surface area contributed by atoms with Gasteiger partial charge >= 0.3 is 12.0 Å². The molecule has 4 amide bonds. The van der Waals surface area contributed by atoms with Crippen LogP contribution in [-0.2, 0) is 27.4 Å². The molecule has 0 bridgehead atoms. The Morgan fingerprint density at radius 2 is 1.73 bits per heavy atom. The Labute approximate surface area is 245 Å². The highest BCUT2D eigenvalue weighted by Gasteiger charge is 2.37. The second-order valence-corrected chi connectivity index (χ2v) is 9.57. The van der Waals surface area contributed by atoms with Crippen molar-refractivity contribution in [3.8, 4) is 11.5 Å². The first-order chi connectivity index (χ1) is 19.7. The molecule has 0 atom stereocenters. The van der Waals surface area contributed by atoms with Crippen LogP contribution in [-0.4, -0.2) is 38.0 Å². The topological polar surface area (TPSA) is 111 Å². The number of benzene rings is 3. The van der Waals surface area contributed by atoms with Crippen molar-refractivity contribution in [2.75, 3.05) is 19.1 Å². The number of halogens is 2. The Morgan fingerprint density at radius 3 is 2.37 bits per heavy atom. The van der Waals surface area contributed by atoms with E-state index in [2.05, 4.69) is 16.6 Å². The van der Waals surface area contributed by atoms with Gasteiger partial charge in [0.05, 0.1) is 25.5 Å². The molecule has 0 radical (unpaired) electrons. The van der Waals surface area contributed by atoms with E-state index in [4.69, 9.17) is 32.7 Å². The first-order valence-electron chi connectivity index (χ1n) is 12.1. The Bertz CT molecular complexity index is 1580. The summed E-state index contributed by atoms with van der Waals surface area (Å²) in [6.07, 6.45) is 3.41. The van der Waals surface area contributed by atoms with Crippen molar-refractivity contribution in [3.05, 3.63) is 105 Å². The van der Waals surface area contributed by atoms with Crippen molar-refractivity contribution in [1.82, 2.24) is 5.32 Å². The fourth-order valence-electron chi connectivity index (χ4n) is 4.10. The predicted molar refractivity (Wildman–Crippen MR) is 154 cm³/mol. The smallest absolute Gasteiger partial charge is 0.337 e. The van der Waals surface area contributed by atoms with Gasteiger partial charge in [-0.05, 0) is 66.6 Å². The van der Waals surface area contributed by atoms with Crippen LogP contribution >= 0.6 is 23.2 Å². The summed E-state index contributed by atoms with van der Waals surface area (Å²) in [5.74, 6) is -1.50. The first kappa shape index (κ1) is 29.4. The van der Waals surface area contributed by atoms with Crippen LogP contribution in [0.2, 0.25) is 10.0 Å². The zero-order chi connectivity index (χ0) is 29.7. The number of hydrogen-bond donors (Lipinski definition) is 1. The number of rotatable bonds is 9. The van der Waals surface area contributed by atoms with E-state index in [1.54, 1.807) is 36.4 Å². The van der Waals surface area contributed by atoms with Crippen LogP contribution in [0.25, 0.3) is 6.08 Å². The van der Waals surface area contributed by atoms with E-state index in [1.807, 2.05) is 0 Å². The molecular formula is C30H24Cl2N2O7. The van der Waals surface area contributed by atoms with Crippen LogP contribution in [0.15, 0.2) is 72.8 Å². The van der Waals surface area contributed by atoms with Crippen molar-refractivity contribution in [2.24, 2.45) is 0 Å². The standard InChI is InChI=1S/C30H24Cl2N2O7/c1-4-5-19-12-17(14-25(39-2)26(19)41-16-20-6-9-21(31)15-24(20)32)13-23-27(35)33-30(38)34(28(23)36)22-10-7-18(8-11-22)29(37)40-3/h4,6-15H,1,5,16H2,2-3H3,(H,33,35,38)/b23-13+. The average Bonchev–Trinajstić information content (AvgIpc) is 2.95. The quantitative estimate of drug-likeness (QED) is 0.145. The van der Waals surface area contributed by atoms with Crippen LogP contribution < -0.4 is 19.7 Å². The van der Waals surface area contributed by atoms with Gasteiger partial charge in [0.1, 0.15) is 12.2 Å². The number of carbonyl (C=O) groups excluding carboxylic acids is 4. The van der Waals surface area contributed by atoms with Gasteiger partial charge in [0.25, 0.3) is 11.8 Å². The lowest BCUT2D eigenvalue weighted by Gasteiger charge is -2.26. The summed E-state index contributed by atoms with van der Waals surface area (Å²) in [6, 6.07) is 13.1. The lowest BCUT2D eigenvalue weighted by atomic mass is 10.0. The lowest BCUT2D eigenvalue weighted by molar-refractivity contribution is -0.122. The van der Waals surface area contributed by atoms with Gasteiger partial charge in [-0.2, -0.15) is 0 Å². The van der Waals surface area contributed by atoms with Crippen molar-refractivity contribution in [3.63, 3.8) is 0 Å². The normalized spacial score (nSPS) is 14.1. The van der Waals surface area contributed by atoms with Gasteiger partial charge in [0.15, 0.2) is 11.5 Å². The Hall–Kier alpha value is -4.60. The molecule has 3 aromatic carbocycles. The molecule has 0 spiro atoms. The summed E-state index contributed by atoms with van der Waals surface area (Å²) >= 11 is 12.3. The van der Waals surface area contributed by atoms with Gasteiger partial charge in [0, 0.05) is 21.2 Å². The number of esters is 1. The number of nitrogens with one attached hydrogen (secondary N) is 1. The molecule has 41 heavy (non-hydrogen) atoms. The fraction of sp³-hybridized carbons (Fsp3) is 0.133. The summed E-state index contributed by atoms with van der Waals surface area (Å²) in [5, 5.41) is 3.13. The Balaban J connectivity index is 1.68. The number of nitrogens with zero attached hydrogens (tertiary/aromatic N) is 1. The Morgan fingerprint density at radius 1 is 1.00 bits per heavy atom. The molecule has 0 unspecified atom stereocenters. The summed E-state index contributed by atoms with van der Waals surface area (Å²) < 4.78 is 16.3. The van der Waals surface area contributed by atoms with Crippen LogP contribution in [0.5, 0.6) is 11.5 Å². The van der Waals surface area contributed by atoms with Crippen molar-refractivity contribution < 1.29 is 33.4 Å². The molecule has 0 saturated carbocycles. The maximum atomic E-state index is 13.4. The number of hydrogen-bond acceptors (Lipinski definition) is 7. The van der Waals surface area contributed by atoms with Crippen molar-refractivity contribution in [2.45, 2.75) is 13.0 Å². The summed E-state index contributed by atoms with van der Waals surface area (Å²) in [6.45, 7) is 3.93. The number of allylic oxidation sites excluding steroid dienone is 1. The SMILES string of the molecule is C=CCc1cc(/C=C2\C(=O)NC(=O)N(c3ccc(C(=O)OC)cc3)C2=O)cc(OC)c1OCc1ccc(Cl)cc1Cl. The largest absolute Gasteiger partial charge is 0.493 e. The average molecular weight is 595 g/mol. The van der Waals surface area contributed by atoms with E-state index in [0.717, 1.165) is 4.90 Å². The fourth-order valence-corrected chi connectivity index (χ4v) is 4.56. The number of methoxy groups -OCH3 is 2. The number of urea groups is 1. The monoisotopic (exact) mass is 594 g/mol. The van der Waals surface area contributed by atoms with E-state index in [0.29, 0.717) is 44.7 Å². The van der Waals surface area contributed by atoms with Gasteiger partial charge in [0.2, 0.25) is 0 Å². The molecule has 0 aliphatic carbocycles. The molecule has 1 N–H and O–H groups in total. The molecule has 11 heteroatoms. The molecule has 0 aromatic heterocycles.